The van der Waals surface area contributed by atoms with Crippen LogP contribution < -0.4 is 0 Å². The molecule has 0 heterocycles. The van der Waals surface area contributed by atoms with Gasteiger partial charge in [0.25, 0.3) is 0 Å². The summed E-state index contributed by atoms with van der Waals surface area (Å²) < 4.78 is 13.0. The Morgan fingerprint density at radius 2 is 2.08 bits per heavy atom. The fraction of sp³-hybridized carbons (Fsp3) is 0.182. The van der Waals surface area contributed by atoms with Gasteiger partial charge in [-0.1, -0.05) is 24.3 Å². The molecule has 0 spiro atoms. The summed E-state index contributed by atoms with van der Waals surface area (Å²) >= 11 is 0. The average Bonchev–Trinajstić information content (AvgIpc) is 2.03. The first kappa shape index (κ1) is 9.65. The Bertz CT molecular complexity index is 342. The van der Waals surface area contributed by atoms with E-state index in [4.69, 9.17) is 0 Å². The Balaban J connectivity index is 2.89. The first-order chi connectivity index (χ1) is 6.11. The molecule has 0 aromatic heterocycles. The van der Waals surface area contributed by atoms with Crippen LogP contribution in [0, 0.1) is 5.82 Å². The summed E-state index contributed by atoms with van der Waals surface area (Å²) in [6, 6.07) is 5.98. The van der Waals surface area contributed by atoms with Crippen molar-refractivity contribution in [2.75, 3.05) is 0 Å². The van der Waals surface area contributed by atoms with Gasteiger partial charge in [0.1, 0.15) is 5.82 Å². The van der Waals surface area contributed by atoms with Crippen LogP contribution in [0.15, 0.2) is 36.4 Å². The summed E-state index contributed by atoms with van der Waals surface area (Å²) in [5, 5.41) is 0. The first-order valence-corrected chi connectivity index (χ1v) is 4.03. The van der Waals surface area contributed by atoms with E-state index in [0.29, 0.717) is 0 Å². The average molecular weight is 178 g/mol. The minimum absolute atomic E-state index is 0.144. The van der Waals surface area contributed by atoms with Crippen molar-refractivity contribution in [3.05, 3.63) is 47.8 Å². The third-order valence-corrected chi connectivity index (χ3v) is 1.64. The Kier molecular flexibility index (Phi) is 2.96. The van der Waals surface area contributed by atoms with Gasteiger partial charge >= 0.3 is 0 Å². The molecule has 1 rings (SSSR count). The van der Waals surface area contributed by atoms with E-state index in [2.05, 4.69) is 6.58 Å². The normalized spacial score (nSPS) is 9.69. The van der Waals surface area contributed by atoms with E-state index in [1.165, 1.54) is 12.1 Å². The molecule has 1 nitrogen and oxygen atoms in total. The molecule has 0 amide bonds. The molecule has 0 saturated heterocycles. The van der Waals surface area contributed by atoms with Crippen molar-refractivity contribution in [1.82, 2.24) is 0 Å². The molecule has 0 fully saturated rings. The summed E-state index contributed by atoms with van der Waals surface area (Å²) in [5.74, 6) is -0.681. The molecule has 1 aromatic carbocycles. The molecule has 0 atom stereocenters. The van der Waals surface area contributed by atoms with Crippen LogP contribution in [0.2, 0.25) is 0 Å². The zero-order chi connectivity index (χ0) is 9.84. The number of carbonyl (C=O) groups excluding carboxylic acids is 1. The summed E-state index contributed by atoms with van der Waals surface area (Å²) in [4.78, 5) is 11.4. The molecular formula is C11H11FO. The highest BCUT2D eigenvalue weighted by Gasteiger charge is 2.09. The number of hydrogen-bond acceptors (Lipinski definition) is 1. The van der Waals surface area contributed by atoms with E-state index in [1.807, 2.05) is 0 Å². The van der Waals surface area contributed by atoms with Crippen LogP contribution in [0.25, 0.3) is 0 Å². The lowest BCUT2D eigenvalue weighted by Crippen LogP contribution is -2.01. The van der Waals surface area contributed by atoms with E-state index < -0.39 is 5.82 Å². The lowest BCUT2D eigenvalue weighted by Gasteiger charge is -2.00. The van der Waals surface area contributed by atoms with Crippen molar-refractivity contribution in [3.8, 4) is 0 Å². The second-order valence-corrected chi connectivity index (χ2v) is 3.04. The van der Waals surface area contributed by atoms with Crippen LogP contribution in [0.1, 0.15) is 23.7 Å². The van der Waals surface area contributed by atoms with Gasteiger partial charge in [-0.25, -0.2) is 4.39 Å². The van der Waals surface area contributed by atoms with Crippen molar-refractivity contribution < 1.29 is 9.18 Å². The van der Waals surface area contributed by atoms with Crippen LogP contribution in [0.4, 0.5) is 4.39 Å². The highest BCUT2D eigenvalue weighted by atomic mass is 19.1. The Morgan fingerprint density at radius 3 is 2.62 bits per heavy atom. The molecule has 0 bridgehead atoms. The van der Waals surface area contributed by atoms with Gasteiger partial charge in [-0.05, 0) is 19.1 Å². The standard InChI is InChI=1S/C11H11FO/c1-8(2)7-11(13)9-5-3-4-6-10(9)12/h3-6H,1,7H2,2H3. The quantitative estimate of drug-likeness (QED) is 0.513. The van der Waals surface area contributed by atoms with E-state index >= 15 is 0 Å². The number of hydrogen-bond donors (Lipinski definition) is 0. The number of rotatable bonds is 3. The Hall–Kier alpha value is -1.44. The lowest BCUT2D eigenvalue weighted by atomic mass is 10.0. The minimum Gasteiger partial charge on any atom is -0.294 e. The van der Waals surface area contributed by atoms with Gasteiger partial charge in [-0.15, -0.1) is 0 Å². The third-order valence-electron chi connectivity index (χ3n) is 1.64. The van der Waals surface area contributed by atoms with E-state index in [0.717, 1.165) is 5.57 Å². The van der Waals surface area contributed by atoms with Crippen molar-refractivity contribution >= 4 is 5.78 Å². The molecular weight excluding hydrogens is 167 g/mol. The highest BCUT2D eigenvalue weighted by molar-refractivity contribution is 5.97. The van der Waals surface area contributed by atoms with Crippen LogP contribution in [0.5, 0.6) is 0 Å². The van der Waals surface area contributed by atoms with E-state index in [1.54, 1.807) is 19.1 Å². The van der Waals surface area contributed by atoms with Crippen molar-refractivity contribution in [1.29, 1.82) is 0 Å². The summed E-state index contributed by atoms with van der Waals surface area (Å²) in [5.41, 5.74) is 0.888. The molecule has 0 aliphatic rings. The highest BCUT2D eigenvalue weighted by Crippen LogP contribution is 2.11. The maximum atomic E-state index is 13.0. The lowest BCUT2D eigenvalue weighted by molar-refractivity contribution is 0.0989. The van der Waals surface area contributed by atoms with Gasteiger partial charge in [0.05, 0.1) is 5.56 Å². The van der Waals surface area contributed by atoms with Crippen LogP contribution in [-0.2, 0) is 0 Å². The zero-order valence-corrected chi connectivity index (χ0v) is 7.51. The van der Waals surface area contributed by atoms with Crippen LogP contribution >= 0.6 is 0 Å². The molecule has 0 unspecified atom stereocenters. The molecule has 0 saturated carbocycles. The van der Waals surface area contributed by atoms with Gasteiger partial charge in [0.15, 0.2) is 5.78 Å². The number of allylic oxidation sites excluding steroid dienone is 1. The predicted molar refractivity (Wildman–Crippen MR) is 50.2 cm³/mol. The summed E-state index contributed by atoms with van der Waals surface area (Å²) in [6.45, 7) is 5.36. The summed E-state index contributed by atoms with van der Waals surface area (Å²) in [6.07, 6.45) is 0.209. The fourth-order valence-corrected chi connectivity index (χ4v) is 1.06. The Morgan fingerprint density at radius 1 is 1.46 bits per heavy atom. The number of carbonyl (C=O) groups is 1. The van der Waals surface area contributed by atoms with Gasteiger partial charge < -0.3 is 0 Å². The second kappa shape index (κ2) is 3.99. The Labute approximate surface area is 76.9 Å². The number of Topliss-reactive ketones (excluding diaryl/α,β-unsaturated/α-hetero) is 1. The summed E-state index contributed by atoms with van der Waals surface area (Å²) in [7, 11) is 0. The second-order valence-electron chi connectivity index (χ2n) is 3.04. The van der Waals surface area contributed by atoms with Crippen LogP contribution in [0.3, 0.4) is 0 Å². The molecule has 0 N–H and O–H groups in total. The SMILES string of the molecule is C=C(C)CC(=O)c1ccccc1F. The van der Waals surface area contributed by atoms with E-state index in [9.17, 15) is 9.18 Å². The minimum atomic E-state index is -0.464. The maximum absolute atomic E-state index is 13.0. The van der Waals surface area contributed by atoms with Crippen molar-refractivity contribution in [2.24, 2.45) is 0 Å². The van der Waals surface area contributed by atoms with Gasteiger partial charge in [0.2, 0.25) is 0 Å². The molecule has 2 heteroatoms. The number of ketones is 1. The van der Waals surface area contributed by atoms with Crippen molar-refractivity contribution in [3.63, 3.8) is 0 Å². The topological polar surface area (TPSA) is 17.1 Å². The fourth-order valence-electron chi connectivity index (χ4n) is 1.06. The molecule has 0 radical (unpaired) electrons. The molecule has 13 heavy (non-hydrogen) atoms. The number of benzene rings is 1. The van der Waals surface area contributed by atoms with Crippen LogP contribution in [-0.4, -0.2) is 5.78 Å². The van der Waals surface area contributed by atoms with Gasteiger partial charge in [-0.2, -0.15) is 0 Å². The molecule has 0 aliphatic carbocycles. The maximum Gasteiger partial charge on any atom is 0.169 e. The largest absolute Gasteiger partial charge is 0.294 e. The zero-order valence-electron chi connectivity index (χ0n) is 7.51. The number of halogens is 1. The molecule has 1 aromatic rings. The third kappa shape index (κ3) is 2.51. The van der Waals surface area contributed by atoms with E-state index in [-0.39, 0.29) is 17.8 Å². The molecule has 68 valence electrons. The van der Waals surface area contributed by atoms with Gasteiger partial charge in [0, 0.05) is 6.42 Å². The predicted octanol–water partition coefficient (Wildman–Crippen LogP) is 2.97. The monoisotopic (exact) mass is 178 g/mol. The smallest absolute Gasteiger partial charge is 0.169 e. The van der Waals surface area contributed by atoms with Gasteiger partial charge in [-0.3, -0.25) is 4.79 Å². The molecule has 0 aliphatic heterocycles. The first-order valence-electron chi connectivity index (χ1n) is 4.03. The van der Waals surface area contributed by atoms with Crippen molar-refractivity contribution in [2.45, 2.75) is 13.3 Å².